The van der Waals surface area contributed by atoms with Crippen LogP contribution < -0.4 is 15.5 Å². The second kappa shape index (κ2) is 11.6. The van der Waals surface area contributed by atoms with Crippen LogP contribution in [0.4, 0.5) is 11.4 Å². The van der Waals surface area contributed by atoms with E-state index in [1.807, 2.05) is 49.4 Å². The first-order chi connectivity index (χ1) is 16.2. The van der Waals surface area contributed by atoms with Crippen LogP contribution in [0.15, 0.2) is 78.9 Å². The molecule has 3 aromatic carbocycles. The minimum atomic E-state index is -0.347. The quantitative estimate of drug-likeness (QED) is 0.427. The summed E-state index contributed by atoms with van der Waals surface area (Å²) in [6, 6.07) is 24.6. The minimum absolute atomic E-state index is 0.140. The lowest BCUT2D eigenvalue weighted by Crippen LogP contribution is -2.36. The van der Waals surface area contributed by atoms with E-state index in [2.05, 4.69) is 36.6 Å². The van der Waals surface area contributed by atoms with Gasteiger partial charge < -0.3 is 15.5 Å². The Bertz CT molecular complexity index is 1140. The van der Waals surface area contributed by atoms with E-state index in [1.54, 1.807) is 36.2 Å². The SMILES string of the molecule is CC(C)Cc1ccc(C(C)C(=O)NC(=S)Nc2cccc(C(=O)N(C)c3ccccc3)c2)cc1. The maximum Gasteiger partial charge on any atom is 0.258 e. The number of hydrogen-bond donors (Lipinski definition) is 2. The van der Waals surface area contributed by atoms with E-state index in [1.165, 1.54) is 5.56 Å². The van der Waals surface area contributed by atoms with E-state index < -0.39 is 0 Å². The minimum Gasteiger partial charge on any atom is -0.332 e. The summed E-state index contributed by atoms with van der Waals surface area (Å²) in [5.74, 6) is -0.0904. The van der Waals surface area contributed by atoms with Gasteiger partial charge in [-0.3, -0.25) is 9.59 Å². The number of carbonyl (C=O) groups excluding carboxylic acids is 2. The van der Waals surface area contributed by atoms with Crippen LogP contribution in [0.1, 0.15) is 48.2 Å². The third kappa shape index (κ3) is 6.75. The van der Waals surface area contributed by atoms with Crippen molar-refractivity contribution in [3.05, 3.63) is 95.6 Å². The smallest absolute Gasteiger partial charge is 0.258 e. The second-order valence-corrected chi connectivity index (χ2v) is 9.19. The number of para-hydroxylation sites is 1. The molecule has 0 bridgehead atoms. The van der Waals surface area contributed by atoms with E-state index in [0.29, 0.717) is 17.2 Å². The summed E-state index contributed by atoms with van der Waals surface area (Å²) < 4.78 is 0. The highest BCUT2D eigenvalue weighted by Gasteiger charge is 2.17. The maximum absolute atomic E-state index is 12.9. The summed E-state index contributed by atoms with van der Waals surface area (Å²) in [7, 11) is 1.74. The lowest BCUT2D eigenvalue weighted by molar-refractivity contribution is -0.120. The molecule has 2 amide bonds. The van der Waals surface area contributed by atoms with Crippen LogP contribution in [0.2, 0.25) is 0 Å². The number of rotatable bonds is 7. The monoisotopic (exact) mass is 473 g/mol. The lowest BCUT2D eigenvalue weighted by atomic mass is 9.96. The van der Waals surface area contributed by atoms with Crippen molar-refractivity contribution >= 4 is 40.5 Å². The second-order valence-electron chi connectivity index (χ2n) is 8.79. The molecule has 0 saturated heterocycles. The Balaban J connectivity index is 1.60. The summed E-state index contributed by atoms with van der Waals surface area (Å²) in [5.41, 5.74) is 4.14. The highest BCUT2D eigenvalue weighted by atomic mass is 32.1. The van der Waals surface area contributed by atoms with E-state index in [0.717, 1.165) is 17.7 Å². The molecule has 0 spiro atoms. The van der Waals surface area contributed by atoms with Crippen molar-refractivity contribution in [1.82, 2.24) is 5.32 Å². The van der Waals surface area contributed by atoms with E-state index >= 15 is 0 Å². The molecule has 176 valence electrons. The van der Waals surface area contributed by atoms with Crippen molar-refractivity contribution in [2.75, 3.05) is 17.3 Å². The zero-order valence-electron chi connectivity index (χ0n) is 20.0. The first-order valence-corrected chi connectivity index (χ1v) is 11.8. The molecule has 6 heteroatoms. The van der Waals surface area contributed by atoms with E-state index in [-0.39, 0.29) is 22.8 Å². The predicted molar refractivity (Wildman–Crippen MR) is 143 cm³/mol. The van der Waals surface area contributed by atoms with Gasteiger partial charge in [0.15, 0.2) is 5.11 Å². The van der Waals surface area contributed by atoms with Crippen LogP contribution in [0, 0.1) is 5.92 Å². The van der Waals surface area contributed by atoms with Gasteiger partial charge in [0.1, 0.15) is 0 Å². The number of benzene rings is 3. The third-order valence-corrected chi connectivity index (χ3v) is 5.77. The van der Waals surface area contributed by atoms with Crippen LogP contribution in [0.5, 0.6) is 0 Å². The molecule has 0 radical (unpaired) electrons. The Labute approximate surface area is 207 Å². The highest BCUT2D eigenvalue weighted by molar-refractivity contribution is 7.80. The van der Waals surface area contributed by atoms with Crippen molar-refractivity contribution < 1.29 is 9.59 Å². The molecule has 0 heterocycles. The average molecular weight is 474 g/mol. The number of nitrogens with one attached hydrogen (secondary N) is 2. The molecule has 3 rings (SSSR count). The van der Waals surface area contributed by atoms with Crippen molar-refractivity contribution in [1.29, 1.82) is 0 Å². The summed E-state index contributed by atoms with van der Waals surface area (Å²) >= 11 is 5.35. The molecule has 0 aliphatic rings. The van der Waals surface area contributed by atoms with Gasteiger partial charge in [-0.15, -0.1) is 0 Å². The molecule has 2 N–H and O–H groups in total. The highest BCUT2D eigenvalue weighted by Crippen LogP contribution is 2.19. The number of hydrogen-bond acceptors (Lipinski definition) is 3. The Hall–Kier alpha value is -3.51. The van der Waals surface area contributed by atoms with Gasteiger partial charge in [0.2, 0.25) is 5.91 Å². The van der Waals surface area contributed by atoms with Gasteiger partial charge in [-0.2, -0.15) is 0 Å². The number of amides is 2. The summed E-state index contributed by atoms with van der Waals surface area (Å²) in [4.78, 5) is 27.2. The number of nitrogens with zero attached hydrogens (tertiary/aromatic N) is 1. The zero-order chi connectivity index (χ0) is 24.7. The molecule has 3 aromatic rings. The molecular weight excluding hydrogens is 442 g/mol. The van der Waals surface area contributed by atoms with Crippen LogP contribution >= 0.6 is 12.2 Å². The standard InChI is InChI=1S/C28H31N3O2S/c1-19(2)17-21-13-15-22(16-14-21)20(3)26(32)30-28(34)29-24-10-8-9-23(18-24)27(33)31(4)25-11-6-5-7-12-25/h5-16,18-20H,17H2,1-4H3,(H2,29,30,32,34). The fourth-order valence-electron chi connectivity index (χ4n) is 3.64. The molecule has 1 unspecified atom stereocenters. The number of thiocarbonyl (C=S) groups is 1. The molecular formula is C28H31N3O2S. The van der Waals surface area contributed by atoms with Crippen molar-refractivity contribution in [3.8, 4) is 0 Å². The Kier molecular flexibility index (Phi) is 8.55. The van der Waals surface area contributed by atoms with Crippen LogP contribution in [0.25, 0.3) is 0 Å². The maximum atomic E-state index is 12.9. The predicted octanol–water partition coefficient (Wildman–Crippen LogP) is 5.78. The summed E-state index contributed by atoms with van der Waals surface area (Å²) in [6.07, 6.45) is 1.01. The summed E-state index contributed by atoms with van der Waals surface area (Å²) in [6.45, 7) is 6.23. The Morgan fingerprint density at radius 1 is 0.912 bits per heavy atom. The van der Waals surface area contributed by atoms with E-state index in [4.69, 9.17) is 12.2 Å². The topological polar surface area (TPSA) is 61.4 Å². The Morgan fingerprint density at radius 3 is 2.24 bits per heavy atom. The van der Waals surface area contributed by atoms with Gasteiger partial charge in [-0.25, -0.2) is 0 Å². The van der Waals surface area contributed by atoms with Gasteiger partial charge >= 0.3 is 0 Å². The normalized spacial score (nSPS) is 11.6. The molecule has 0 aliphatic heterocycles. The van der Waals surface area contributed by atoms with Gasteiger partial charge in [-0.1, -0.05) is 62.4 Å². The first-order valence-electron chi connectivity index (χ1n) is 11.4. The van der Waals surface area contributed by atoms with Crippen LogP contribution in [0.3, 0.4) is 0 Å². The first kappa shape index (κ1) is 25.1. The van der Waals surface area contributed by atoms with Gasteiger partial charge in [0.05, 0.1) is 5.92 Å². The zero-order valence-corrected chi connectivity index (χ0v) is 20.9. The number of anilines is 2. The average Bonchev–Trinajstić information content (AvgIpc) is 2.83. The molecule has 34 heavy (non-hydrogen) atoms. The van der Waals surface area contributed by atoms with Crippen LogP contribution in [-0.2, 0) is 11.2 Å². The molecule has 0 saturated carbocycles. The van der Waals surface area contributed by atoms with Crippen molar-refractivity contribution in [2.24, 2.45) is 5.92 Å². The fourth-order valence-corrected chi connectivity index (χ4v) is 3.86. The fraction of sp³-hybridized carbons (Fsp3) is 0.250. The van der Waals surface area contributed by atoms with Crippen molar-refractivity contribution in [3.63, 3.8) is 0 Å². The largest absolute Gasteiger partial charge is 0.332 e. The molecule has 0 aromatic heterocycles. The molecule has 5 nitrogen and oxygen atoms in total. The summed E-state index contributed by atoms with van der Waals surface area (Å²) in [5, 5.41) is 5.96. The lowest BCUT2D eigenvalue weighted by Gasteiger charge is -2.18. The Morgan fingerprint density at radius 2 is 1.59 bits per heavy atom. The molecule has 1 atom stereocenters. The van der Waals surface area contributed by atoms with Gasteiger partial charge in [0.25, 0.3) is 5.91 Å². The van der Waals surface area contributed by atoms with Crippen molar-refractivity contribution in [2.45, 2.75) is 33.1 Å². The number of carbonyl (C=O) groups is 2. The van der Waals surface area contributed by atoms with Crippen LogP contribution in [-0.4, -0.2) is 24.0 Å². The third-order valence-electron chi connectivity index (χ3n) is 5.57. The van der Waals surface area contributed by atoms with E-state index in [9.17, 15) is 9.59 Å². The molecule has 0 aliphatic carbocycles. The van der Waals surface area contributed by atoms with Gasteiger partial charge in [0, 0.05) is 24.0 Å². The molecule has 0 fully saturated rings. The van der Waals surface area contributed by atoms with Gasteiger partial charge in [-0.05, 0) is 72.9 Å².